The monoisotopic (exact) mass is 324 g/mol. The molecule has 2 aromatic carbocycles. The van der Waals surface area contributed by atoms with Gasteiger partial charge in [0.1, 0.15) is 5.84 Å². The summed E-state index contributed by atoms with van der Waals surface area (Å²) < 4.78 is 0. The SMILES string of the molecule is CC(C)N=C1c2ccccc2-c2ccccc2B(Cl)N1C(C)C. The number of rotatable bonds is 2. The smallest absolute Gasteiger partial charge is 0.380 e. The van der Waals surface area contributed by atoms with E-state index in [1.165, 1.54) is 11.1 Å². The summed E-state index contributed by atoms with van der Waals surface area (Å²) in [5.74, 6) is 0.988. The van der Waals surface area contributed by atoms with Crippen LogP contribution in [0.2, 0.25) is 0 Å². The van der Waals surface area contributed by atoms with E-state index < -0.39 is 0 Å². The van der Waals surface area contributed by atoms with E-state index in [1.54, 1.807) is 0 Å². The summed E-state index contributed by atoms with van der Waals surface area (Å²) in [6.07, 6.45) is -0.226. The molecule has 0 aromatic heterocycles. The average Bonchev–Trinajstić information content (AvgIpc) is 2.62. The molecule has 1 heterocycles. The fourth-order valence-electron chi connectivity index (χ4n) is 3.15. The average molecular weight is 325 g/mol. The third-order valence-corrected chi connectivity index (χ3v) is 4.55. The van der Waals surface area contributed by atoms with Crippen molar-refractivity contribution in [2.24, 2.45) is 4.99 Å². The number of fused-ring (bicyclic) bond motifs is 3. The standard InChI is InChI=1S/C19H22BClN2/c1-13(2)22-19-17-11-6-5-9-15(17)16-10-7-8-12-18(16)20(21)23(19)14(3)4/h5-14H,1-4H3. The molecule has 4 heteroatoms. The van der Waals surface area contributed by atoms with E-state index in [9.17, 15) is 0 Å². The van der Waals surface area contributed by atoms with Crippen LogP contribution in [-0.2, 0) is 0 Å². The van der Waals surface area contributed by atoms with Crippen LogP contribution in [0.4, 0.5) is 0 Å². The minimum absolute atomic E-state index is 0.212. The molecule has 0 spiro atoms. The Labute approximate surface area is 144 Å². The highest BCUT2D eigenvalue weighted by Gasteiger charge is 2.35. The maximum Gasteiger partial charge on any atom is 0.397 e. The number of aliphatic imine (C=N–C) groups is 1. The predicted octanol–water partition coefficient (Wildman–Crippen LogP) is 4.17. The van der Waals surface area contributed by atoms with Gasteiger partial charge in [-0.15, -0.1) is 0 Å². The van der Waals surface area contributed by atoms with Gasteiger partial charge in [-0.1, -0.05) is 48.5 Å². The maximum absolute atomic E-state index is 6.93. The molecular weight excluding hydrogens is 302 g/mol. The molecule has 3 rings (SSSR count). The Balaban J connectivity index is 2.35. The minimum Gasteiger partial charge on any atom is -0.380 e. The zero-order chi connectivity index (χ0) is 16.6. The molecule has 2 nitrogen and oxygen atoms in total. The van der Waals surface area contributed by atoms with Crippen molar-refractivity contribution in [3.05, 3.63) is 54.1 Å². The highest BCUT2D eigenvalue weighted by atomic mass is 35.5. The van der Waals surface area contributed by atoms with E-state index in [-0.39, 0.29) is 18.3 Å². The molecule has 0 radical (unpaired) electrons. The summed E-state index contributed by atoms with van der Waals surface area (Å²) in [4.78, 5) is 7.16. The van der Waals surface area contributed by atoms with Gasteiger partial charge in [-0.05, 0) is 44.3 Å². The van der Waals surface area contributed by atoms with Gasteiger partial charge in [0.15, 0.2) is 0 Å². The van der Waals surface area contributed by atoms with Crippen molar-refractivity contribution in [1.82, 2.24) is 4.81 Å². The van der Waals surface area contributed by atoms with Crippen LogP contribution in [0.25, 0.3) is 11.1 Å². The molecular formula is C19H22BClN2. The van der Waals surface area contributed by atoms with Crippen molar-refractivity contribution in [1.29, 1.82) is 0 Å². The first-order valence-electron chi connectivity index (χ1n) is 8.19. The maximum atomic E-state index is 6.93. The lowest BCUT2D eigenvalue weighted by molar-refractivity contribution is 0.521. The zero-order valence-electron chi connectivity index (χ0n) is 14.1. The number of halogens is 1. The molecule has 0 aliphatic carbocycles. The highest BCUT2D eigenvalue weighted by Crippen LogP contribution is 2.30. The normalized spacial score (nSPS) is 15.9. The molecule has 0 fully saturated rings. The summed E-state index contributed by atoms with van der Waals surface area (Å²) in [6, 6.07) is 17.3. The molecule has 1 aliphatic heterocycles. The lowest BCUT2D eigenvalue weighted by Gasteiger charge is -2.32. The van der Waals surface area contributed by atoms with Crippen LogP contribution >= 0.6 is 11.5 Å². The first kappa shape index (κ1) is 16.1. The molecule has 0 atom stereocenters. The summed E-state index contributed by atoms with van der Waals surface area (Å²) in [5.41, 5.74) is 4.70. The van der Waals surface area contributed by atoms with E-state index in [1.807, 2.05) is 0 Å². The molecule has 0 saturated carbocycles. The third-order valence-electron chi connectivity index (χ3n) is 4.10. The van der Waals surface area contributed by atoms with Gasteiger partial charge >= 0.3 is 6.26 Å². The van der Waals surface area contributed by atoms with Gasteiger partial charge in [-0.25, -0.2) is 0 Å². The first-order chi connectivity index (χ1) is 11.0. The second-order valence-corrected chi connectivity index (χ2v) is 6.93. The Morgan fingerprint density at radius 3 is 2.04 bits per heavy atom. The Morgan fingerprint density at radius 2 is 1.43 bits per heavy atom. The van der Waals surface area contributed by atoms with Crippen molar-refractivity contribution in [3.8, 4) is 11.1 Å². The number of nitrogens with zero attached hydrogens (tertiary/aromatic N) is 2. The van der Waals surface area contributed by atoms with Crippen molar-refractivity contribution in [3.63, 3.8) is 0 Å². The molecule has 0 N–H and O–H groups in total. The van der Waals surface area contributed by atoms with Gasteiger partial charge in [0.25, 0.3) is 0 Å². The van der Waals surface area contributed by atoms with Gasteiger partial charge in [0, 0.05) is 17.6 Å². The molecule has 2 aromatic rings. The van der Waals surface area contributed by atoms with E-state index in [2.05, 4.69) is 81.0 Å². The second kappa shape index (κ2) is 6.41. The molecule has 0 amide bonds. The molecule has 23 heavy (non-hydrogen) atoms. The van der Waals surface area contributed by atoms with E-state index in [0.717, 1.165) is 16.9 Å². The minimum atomic E-state index is -0.226. The predicted molar refractivity (Wildman–Crippen MR) is 102 cm³/mol. The van der Waals surface area contributed by atoms with Gasteiger partial charge in [0.2, 0.25) is 0 Å². The van der Waals surface area contributed by atoms with Crippen LogP contribution in [0, 0.1) is 0 Å². The number of amidine groups is 1. The summed E-state index contributed by atoms with van der Waals surface area (Å²) >= 11 is 6.93. The Hall–Kier alpha value is -1.74. The van der Waals surface area contributed by atoms with Gasteiger partial charge in [-0.3, -0.25) is 4.99 Å². The largest absolute Gasteiger partial charge is 0.397 e. The topological polar surface area (TPSA) is 15.6 Å². The second-order valence-electron chi connectivity index (χ2n) is 6.52. The van der Waals surface area contributed by atoms with Crippen molar-refractivity contribution in [2.45, 2.75) is 39.8 Å². The molecule has 0 unspecified atom stereocenters. The van der Waals surface area contributed by atoms with Crippen LogP contribution in [0.1, 0.15) is 33.3 Å². The first-order valence-corrected chi connectivity index (χ1v) is 8.63. The van der Waals surface area contributed by atoms with Crippen LogP contribution < -0.4 is 5.46 Å². The Bertz CT molecular complexity index is 740. The number of benzene rings is 2. The van der Waals surface area contributed by atoms with E-state index in [0.29, 0.717) is 0 Å². The third kappa shape index (κ3) is 2.90. The van der Waals surface area contributed by atoms with Gasteiger partial charge < -0.3 is 4.81 Å². The number of hydrogen-bond donors (Lipinski definition) is 0. The van der Waals surface area contributed by atoms with Crippen LogP contribution in [0.5, 0.6) is 0 Å². The van der Waals surface area contributed by atoms with Gasteiger partial charge in [0.05, 0.1) is 0 Å². The van der Waals surface area contributed by atoms with Gasteiger partial charge in [-0.2, -0.15) is 11.5 Å². The van der Waals surface area contributed by atoms with Crippen molar-refractivity contribution >= 4 is 29.0 Å². The van der Waals surface area contributed by atoms with Crippen LogP contribution in [0.3, 0.4) is 0 Å². The van der Waals surface area contributed by atoms with Crippen molar-refractivity contribution in [2.75, 3.05) is 0 Å². The summed E-state index contributed by atoms with van der Waals surface area (Å²) in [5, 5.41) is 0. The van der Waals surface area contributed by atoms with Crippen molar-refractivity contribution < 1.29 is 0 Å². The number of hydrogen-bond acceptors (Lipinski definition) is 1. The lowest BCUT2D eigenvalue weighted by Crippen LogP contribution is -2.51. The molecule has 0 bridgehead atoms. The fraction of sp³-hybridized carbons (Fsp3) is 0.316. The molecule has 118 valence electrons. The van der Waals surface area contributed by atoms with Crippen LogP contribution in [0.15, 0.2) is 53.5 Å². The highest BCUT2D eigenvalue weighted by molar-refractivity contribution is 7.14. The fourth-order valence-corrected chi connectivity index (χ4v) is 3.65. The van der Waals surface area contributed by atoms with Crippen LogP contribution in [-0.4, -0.2) is 29.0 Å². The molecule has 1 aliphatic rings. The summed E-state index contributed by atoms with van der Waals surface area (Å²) in [7, 11) is 0. The zero-order valence-corrected chi connectivity index (χ0v) is 14.9. The Morgan fingerprint density at radius 1 is 0.870 bits per heavy atom. The lowest BCUT2D eigenvalue weighted by atomic mass is 9.74. The quantitative estimate of drug-likeness (QED) is 0.757. The van der Waals surface area contributed by atoms with E-state index in [4.69, 9.17) is 16.5 Å². The Kier molecular flexibility index (Phi) is 4.49. The van der Waals surface area contributed by atoms with E-state index >= 15 is 0 Å². The summed E-state index contributed by atoms with van der Waals surface area (Å²) in [6.45, 7) is 8.55. The molecule has 0 saturated heterocycles.